The molecule has 0 radical (unpaired) electrons. The van der Waals surface area contributed by atoms with E-state index < -0.39 is 0 Å². The monoisotopic (exact) mass is 218 g/mol. The van der Waals surface area contributed by atoms with E-state index in [0.717, 1.165) is 10.1 Å². The van der Waals surface area contributed by atoms with E-state index >= 15 is 0 Å². The van der Waals surface area contributed by atoms with Gasteiger partial charge < -0.3 is 0 Å². The van der Waals surface area contributed by atoms with Crippen LogP contribution in [0.1, 0.15) is 11.1 Å². The SMILES string of the molecule is N#Cc1cc(Cl)c2c(C#N)csc2c1. The van der Waals surface area contributed by atoms with Gasteiger partial charge in [0, 0.05) is 15.5 Å². The number of hydrogen-bond donors (Lipinski definition) is 0. The van der Waals surface area contributed by atoms with Crippen LogP contribution in [-0.4, -0.2) is 0 Å². The van der Waals surface area contributed by atoms with Crippen molar-refractivity contribution in [2.24, 2.45) is 0 Å². The van der Waals surface area contributed by atoms with E-state index in [2.05, 4.69) is 6.07 Å². The molecule has 0 saturated carbocycles. The molecule has 0 amide bonds. The fraction of sp³-hybridized carbons (Fsp3) is 0. The lowest BCUT2D eigenvalue weighted by Gasteiger charge is -1.95. The number of thiophene rings is 1. The molecular weight excluding hydrogens is 216 g/mol. The van der Waals surface area contributed by atoms with Gasteiger partial charge in [0.15, 0.2) is 0 Å². The molecule has 0 aliphatic rings. The highest BCUT2D eigenvalue weighted by molar-refractivity contribution is 7.17. The maximum atomic E-state index is 8.81. The molecule has 2 rings (SSSR count). The Hall–Kier alpha value is -1.55. The minimum atomic E-state index is 0.469. The molecule has 1 aromatic heterocycles. The number of rotatable bonds is 0. The Balaban J connectivity index is 2.89. The molecule has 2 nitrogen and oxygen atoms in total. The third-order valence-electron chi connectivity index (χ3n) is 1.88. The molecule has 66 valence electrons. The van der Waals surface area contributed by atoms with Crippen LogP contribution in [0.2, 0.25) is 5.02 Å². The average Bonchev–Trinajstić information content (AvgIpc) is 2.61. The highest BCUT2D eigenvalue weighted by atomic mass is 35.5. The third-order valence-corrected chi connectivity index (χ3v) is 3.10. The van der Waals surface area contributed by atoms with E-state index in [0.29, 0.717) is 16.1 Å². The molecule has 2 aromatic rings. The first-order valence-electron chi connectivity index (χ1n) is 3.77. The normalized spacial score (nSPS) is 9.64. The molecule has 0 unspecified atom stereocenters. The van der Waals surface area contributed by atoms with Crippen LogP contribution in [0.15, 0.2) is 17.5 Å². The Labute approximate surface area is 89.6 Å². The van der Waals surface area contributed by atoms with Crippen LogP contribution in [0.5, 0.6) is 0 Å². The predicted molar refractivity (Wildman–Crippen MR) is 56.3 cm³/mol. The summed E-state index contributed by atoms with van der Waals surface area (Å²) >= 11 is 7.39. The lowest BCUT2D eigenvalue weighted by atomic mass is 10.1. The summed E-state index contributed by atoms with van der Waals surface area (Å²) in [5.41, 5.74) is 1.09. The van der Waals surface area contributed by atoms with Gasteiger partial charge in [-0.2, -0.15) is 10.5 Å². The van der Waals surface area contributed by atoms with Crippen molar-refractivity contribution in [2.45, 2.75) is 0 Å². The Morgan fingerprint density at radius 3 is 2.64 bits per heavy atom. The van der Waals surface area contributed by atoms with Crippen LogP contribution in [0.4, 0.5) is 0 Å². The summed E-state index contributed by atoms with van der Waals surface area (Å²) in [6.45, 7) is 0. The first kappa shape index (κ1) is 9.02. The maximum absolute atomic E-state index is 8.81. The third kappa shape index (κ3) is 1.24. The molecule has 0 aliphatic carbocycles. The maximum Gasteiger partial charge on any atom is 0.101 e. The Kier molecular flexibility index (Phi) is 2.13. The van der Waals surface area contributed by atoms with E-state index in [4.69, 9.17) is 22.1 Å². The van der Waals surface area contributed by atoms with Crippen LogP contribution in [0.3, 0.4) is 0 Å². The van der Waals surface area contributed by atoms with Gasteiger partial charge in [0.1, 0.15) is 6.07 Å². The molecule has 0 saturated heterocycles. The van der Waals surface area contributed by atoms with Crippen molar-refractivity contribution in [3.63, 3.8) is 0 Å². The molecule has 0 atom stereocenters. The first-order valence-corrected chi connectivity index (χ1v) is 5.03. The highest BCUT2D eigenvalue weighted by Gasteiger charge is 2.08. The molecule has 1 aromatic carbocycles. The smallest absolute Gasteiger partial charge is 0.101 e. The topological polar surface area (TPSA) is 47.6 Å². The van der Waals surface area contributed by atoms with Crippen LogP contribution >= 0.6 is 22.9 Å². The molecule has 1 heterocycles. The van der Waals surface area contributed by atoms with E-state index in [-0.39, 0.29) is 0 Å². The van der Waals surface area contributed by atoms with Gasteiger partial charge in [-0.15, -0.1) is 11.3 Å². The van der Waals surface area contributed by atoms with Crippen LogP contribution in [0.25, 0.3) is 10.1 Å². The van der Waals surface area contributed by atoms with Gasteiger partial charge in [-0.25, -0.2) is 0 Å². The zero-order chi connectivity index (χ0) is 10.1. The summed E-state index contributed by atoms with van der Waals surface area (Å²) in [5, 5.41) is 20.5. The zero-order valence-corrected chi connectivity index (χ0v) is 8.49. The second kappa shape index (κ2) is 3.31. The van der Waals surface area contributed by atoms with Gasteiger partial charge in [-0.05, 0) is 12.1 Å². The highest BCUT2D eigenvalue weighted by Crippen LogP contribution is 2.32. The molecule has 14 heavy (non-hydrogen) atoms. The van der Waals surface area contributed by atoms with Crippen LogP contribution in [0, 0.1) is 22.7 Å². The number of hydrogen-bond acceptors (Lipinski definition) is 3. The van der Waals surface area contributed by atoms with Gasteiger partial charge >= 0.3 is 0 Å². The quantitative estimate of drug-likeness (QED) is 0.681. The minimum Gasteiger partial charge on any atom is -0.192 e. The number of halogens is 1. The van der Waals surface area contributed by atoms with Gasteiger partial charge in [0.25, 0.3) is 0 Å². The molecule has 0 fully saturated rings. The lowest BCUT2D eigenvalue weighted by Crippen LogP contribution is -1.76. The van der Waals surface area contributed by atoms with Crippen molar-refractivity contribution in [3.8, 4) is 12.1 Å². The van der Waals surface area contributed by atoms with Crippen molar-refractivity contribution in [2.75, 3.05) is 0 Å². The standard InChI is InChI=1S/C10H3ClN2S/c11-8-1-6(3-12)2-9-10(8)7(4-13)5-14-9/h1-2,5H. The van der Waals surface area contributed by atoms with Crippen molar-refractivity contribution < 1.29 is 0 Å². The van der Waals surface area contributed by atoms with Crippen LogP contribution in [-0.2, 0) is 0 Å². The van der Waals surface area contributed by atoms with Gasteiger partial charge in [-0.1, -0.05) is 11.6 Å². The second-order valence-electron chi connectivity index (χ2n) is 2.70. The van der Waals surface area contributed by atoms with Gasteiger partial charge in [0.05, 0.1) is 22.2 Å². The lowest BCUT2D eigenvalue weighted by molar-refractivity contribution is 1.50. The van der Waals surface area contributed by atoms with Crippen LogP contribution < -0.4 is 0 Å². The summed E-state index contributed by atoms with van der Waals surface area (Å²) < 4.78 is 0.880. The molecular formula is C10H3ClN2S. The van der Waals surface area contributed by atoms with E-state index in [1.807, 2.05) is 6.07 Å². The molecule has 0 N–H and O–H groups in total. The molecule has 0 spiro atoms. The summed E-state index contributed by atoms with van der Waals surface area (Å²) in [5.74, 6) is 0. The van der Waals surface area contributed by atoms with Gasteiger partial charge in [0.2, 0.25) is 0 Å². The van der Waals surface area contributed by atoms with Crippen molar-refractivity contribution in [1.82, 2.24) is 0 Å². The van der Waals surface area contributed by atoms with Crippen molar-refractivity contribution in [1.29, 1.82) is 10.5 Å². The molecule has 0 bridgehead atoms. The average molecular weight is 219 g/mol. The van der Waals surface area contributed by atoms with Crippen molar-refractivity contribution in [3.05, 3.63) is 33.7 Å². The number of fused-ring (bicyclic) bond motifs is 1. The summed E-state index contributed by atoms with van der Waals surface area (Å²) in [4.78, 5) is 0. The van der Waals surface area contributed by atoms with E-state index in [9.17, 15) is 0 Å². The number of nitrogens with zero attached hydrogens (tertiary/aromatic N) is 2. The summed E-state index contributed by atoms with van der Waals surface area (Å²) in [6.07, 6.45) is 0. The number of nitriles is 2. The zero-order valence-electron chi connectivity index (χ0n) is 6.91. The largest absolute Gasteiger partial charge is 0.192 e. The summed E-state index contributed by atoms with van der Waals surface area (Å²) in [7, 11) is 0. The Morgan fingerprint density at radius 1 is 1.21 bits per heavy atom. The fourth-order valence-electron chi connectivity index (χ4n) is 1.26. The minimum absolute atomic E-state index is 0.469. The Morgan fingerprint density at radius 2 is 2.00 bits per heavy atom. The predicted octanol–water partition coefficient (Wildman–Crippen LogP) is 3.30. The van der Waals surface area contributed by atoms with Crippen molar-refractivity contribution >= 4 is 33.0 Å². The summed E-state index contributed by atoms with van der Waals surface area (Å²) in [6, 6.07) is 7.42. The van der Waals surface area contributed by atoms with E-state index in [1.54, 1.807) is 17.5 Å². The molecule has 4 heteroatoms. The first-order chi connectivity index (χ1) is 6.76. The van der Waals surface area contributed by atoms with E-state index in [1.165, 1.54) is 11.3 Å². The second-order valence-corrected chi connectivity index (χ2v) is 4.02. The molecule has 0 aliphatic heterocycles. The Bertz CT molecular complexity index is 586. The fourth-order valence-corrected chi connectivity index (χ4v) is 2.59. The van der Waals surface area contributed by atoms with Gasteiger partial charge in [-0.3, -0.25) is 0 Å². The number of benzene rings is 1.